The number of aromatic amines is 1. The molecule has 2 aliphatic carbocycles. The minimum absolute atomic E-state index is 0.0786. The number of hydrogen-bond donors (Lipinski definition) is 2. The lowest BCUT2D eigenvalue weighted by molar-refractivity contribution is -0.0420. The molecule has 2 saturated heterocycles. The van der Waals surface area contributed by atoms with E-state index in [1.165, 1.54) is 76.5 Å². The number of benzene rings is 1. The van der Waals surface area contributed by atoms with E-state index in [2.05, 4.69) is 9.88 Å². The van der Waals surface area contributed by atoms with Crippen LogP contribution in [0.15, 0.2) is 46.1 Å². The number of amides is 1. The molecule has 8 heteroatoms. The summed E-state index contributed by atoms with van der Waals surface area (Å²) in [5.41, 5.74) is 6.73. The van der Waals surface area contributed by atoms with Gasteiger partial charge in [0.05, 0.1) is 11.0 Å². The lowest BCUT2D eigenvalue weighted by Crippen LogP contribution is -2.58. The Morgan fingerprint density at radius 2 is 1.55 bits per heavy atom. The summed E-state index contributed by atoms with van der Waals surface area (Å²) in [7, 11) is 0. The van der Waals surface area contributed by atoms with E-state index in [1.54, 1.807) is 0 Å². The minimum Gasteiger partial charge on any atom is -0.365 e. The van der Waals surface area contributed by atoms with Gasteiger partial charge in [-0.15, -0.1) is 0 Å². The molecule has 8 nitrogen and oxygen atoms in total. The van der Waals surface area contributed by atoms with Crippen LogP contribution in [0.3, 0.4) is 0 Å². The molecule has 3 N–H and O–H groups in total. The molecule has 1 amide bonds. The van der Waals surface area contributed by atoms with Gasteiger partial charge in [-0.05, 0) is 75.0 Å². The van der Waals surface area contributed by atoms with Crippen molar-refractivity contribution in [3.8, 4) is 11.3 Å². The highest BCUT2D eigenvalue weighted by Crippen LogP contribution is 2.47. The van der Waals surface area contributed by atoms with Crippen LogP contribution in [0.5, 0.6) is 0 Å². The number of aromatic nitrogens is 3. The molecule has 2 saturated carbocycles. The second-order valence-electron chi connectivity index (χ2n) is 12.8. The summed E-state index contributed by atoms with van der Waals surface area (Å²) in [4.78, 5) is 48.4. The molecule has 2 aromatic heterocycles. The fourth-order valence-corrected chi connectivity index (χ4v) is 8.81. The van der Waals surface area contributed by atoms with E-state index in [0.29, 0.717) is 23.7 Å². The minimum atomic E-state index is -0.827. The van der Waals surface area contributed by atoms with Crippen molar-refractivity contribution in [1.29, 1.82) is 0 Å². The van der Waals surface area contributed by atoms with Crippen LogP contribution >= 0.6 is 0 Å². The second kappa shape index (κ2) is 10.3. The normalized spacial score (nSPS) is 30.6. The van der Waals surface area contributed by atoms with Crippen molar-refractivity contribution in [1.82, 2.24) is 19.4 Å². The van der Waals surface area contributed by atoms with E-state index >= 15 is 0 Å². The van der Waals surface area contributed by atoms with Gasteiger partial charge in [-0.3, -0.25) is 19.3 Å². The number of primary amides is 1. The molecular weight excluding hydrogens is 502 g/mol. The summed E-state index contributed by atoms with van der Waals surface area (Å²) in [6.45, 7) is 0. The van der Waals surface area contributed by atoms with Crippen molar-refractivity contribution >= 4 is 16.9 Å². The van der Waals surface area contributed by atoms with Crippen LogP contribution in [0.1, 0.15) is 93.4 Å². The van der Waals surface area contributed by atoms with Gasteiger partial charge < -0.3 is 15.3 Å². The molecule has 0 unspecified atom stereocenters. The summed E-state index contributed by atoms with van der Waals surface area (Å²) in [6.07, 6.45) is 16.8. The van der Waals surface area contributed by atoms with E-state index in [1.807, 2.05) is 28.8 Å². The van der Waals surface area contributed by atoms with Crippen LogP contribution in [0.25, 0.3) is 22.3 Å². The van der Waals surface area contributed by atoms with Gasteiger partial charge in [-0.1, -0.05) is 44.2 Å². The zero-order chi connectivity index (χ0) is 27.4. The van der Waals surface area contributed by atoms with Gasteiger partial charge in [0, 0.05) is 35.9 Å². The molecule has 0 spiro atoms. The Morgan fingerprint density at radius 3 is 2.25 bits per heavy atom. The van der Waals surface area contributed by atoms with Crippen LogP contribution < -0.4 is 16.9 Å². The fourth-order valence-electron chi connectivity index (χ4n) is 8.81. The first-order valence-corrected chi connectivity index (χ1v) is 15.3. The van der Waals surface area contributed by atoms with Gasteiger partial charge in [0.15, 0.2) is 0 Å². The number of para-hydroxylation sites is 2. The zero-order valence-electron chi connectivity index (χ0n) is 23.1. The average molecular weight is 542 g/mol. The molecule has 4 bridgehead atoms. The Labute approximate surface area is 234 Å². The molecule has 3 aromatic rings. The molecule has 0 radical (unpaired) electrons. The molecule has 210 valence electrons. The summed E-state index contributed by atoms with van der Waals surface area (Å²) in [5, 5.41) is 0. The third kappa shape index (κ3) is 4.50. The summed E-state index contributed by atoms with van der Waals surface area (Å²) in [5.74, 6) is 0.954. The first kappa shape index (κ1) is 25.7. The third-order valence-electron chi connectivity index (χ3n) is 10.4. The number of piperidine rings is 2. The Bertz CT molecular complexity index is 1530. The fraction of sp³-hybridized carbons (Fsp3) is 0.562. The molecule has 4 aliphatic rings. The van der Waals surface area contributed by atoms with Gasteiger partial charge in [0.2, 0.25) is 0 Å². The maximum atomic E-state index is 14.2. The molecule has 1 aromatic carbocycles. The highest BCUT2D eigenvalue weighted by molar-refractivity contribution is 5.93. The van der Waals surface area contributed by atoms with Gasteiger partial charge in [0.25, 0.3) is 17.0 Å². The van der Waals surface area contributed by atoms with Crippen molar-refractivity contribution in [3.05, 3.63) is 62.8 Å². The van der Waals surface area contributed by atoms with Crippen molar-refractivity contribution in [2.45, 2.75) is 101 Å². The number of carbonyl (C=O) groups excluding carboxylic acids is 1. The molecule has 7 rings (SSSR count). The SMILES string of the molecule is NC(=O)c1cc(-c2nc3ccccc3n([C@@H]3C[C@H]4CCC[C@@H](C3)N4[C@@H]3C[C@@H]4CCCC[C@@H](C4)C3)c2=O)c[nH]c1=O. The standard InChI is InChI=1S/C32H39N5O3/c33-30(38)26-15-21(18-34-31(26)39)29-32(40)37(28-11-4-3-10-27(28)35-29)25-16-22-8-5-9-23(17-25)36(22)24-13-19-6-1-2-7-20(12-19)14-24/h3-4,10-11,15,18-20,22-25H,1-2,5-9,12-14,16-17H2,(H2,33,38)(H,34,39)/t19-,20+,22-,23+,24-,25-. The maximum absolute atomic E-state index is 14.2. The molecule has 4 heterocycles. The number of H-pyrrole nitrogens is 1. The van der Waals surface area contributed by atoms with E-state index in [0.717, 1.165) is 35.7 Å². The number of nitrogens with two attached hydrogens (primary N) is 1. The largest absolute Gasteiger partial charge is 0.365 e. The van der Waals surface area contributed by atoms with Crippen LogP contribution in [0.4, 0.5) is 0 Å². The predicted molar refractivity (Wildman–Crippen MR) is 155 cm³/mol. The Hall–Kier alpha value is -3.26. The predicted octanol–water partition coefficient (Wildman–Crippen LogP) is 4.77. The van der Waals surface area contributed by atoms with Gasteiger partial charge >= 0.3 is 0 Å². The van der Waals surface area contributed by atoms with Crippen LogP contribution in [-0.4, -0.2) is 43.5 Å². The topological polar surface area (TPSA) is 114 Å². The first-order chi connectivity index (χ1) is 19.5. The number of pyridine rings is 1. The number of nitrogens with zero attached hydrogens (tertiary/aromatic N) is 3. The zero-order valence-corrected chi connectivity index (χ0v) is 23.1. The van der Waals surface area contributed by atoms with Crippen LogP contribution in [0.2, 0.25) is 0 Å². The summed E-state index contributed by atoms with van der Waals surface area (Å²) in [6, 6.07) is 11.0. The first-order valence-electron chi connectivity index (χ1n) is 15.3. The highest BCUT2D eigenvalue weighted by atomic mass is 16.2. The van der Waals surface area contributed by atoms with Crippen LogP contribution in [-0.2, 0) is 0 Å². The number of hydrogen-bond acceptors (Lipinski definition) is 5. The molecule has 6 atom stereocenters. The van der Waals surface area contributed by atoms with Crippen molar-refractivity contribution in [3.63, 3.8) is 0 Å². The molecular formula is C32H39N5O3. The van der Waals surface area contributed by atoms with Gasteiger partial charge in [-0.2, -0.15) is 0 Å². The molecule has 4 fully saturated rings. The van der Waals surface area contributed by atoms with E-state index in [-0.39, 0.29) is 22.9 Å². The quantitative estimate of drug-likeness (QED) is 0.494. The number of carbonyl (C=O) groups is 1. The molecule has 40 heavy (non-hydrogen) atoms. The van der Waals surface area contributed by atoms with Crippen LogP contribution in [0, 0.1) is 11.8 Å². The molecule has 2 aliphatic heterocycles. The third-order valence-corrected chi connectivity index (χ3v) is 10.4. The lowest BCUT2D eigenvalue weighted by Gasteiger charge is -2.54. The van der Waals surface area contributed by atoms with Crippen molar-refractivity contribution in [2.75, 3.05) is 0 Å². The van der Waals surface area contributed by atoms with Gasteiger partial charge in [-0.25, -0.2) is 4.98 Å². The van der Waals surface area contributed by atoms with E-state index in [9.17, 15) is 14.4 Å². The van der Waals surface area contributed by atoms with Crippen molar-refractivity contribution < 1.29 is 4.79 Å². The average Bonchev–Trinajstić information content (AvgIpc) is 3.11. The van der Waals surface area contributed by atoms with E-state index < -0.39 is 11.5 Å². The number of rotatable bonds is 4. The summed E-state index contributed by atoms with van der Waals surface area (Å²) < 4.78 is 1.97. The Morgan fingerprint density at radius 1 is 0.850 bits per heavy atom. The van der Waals surface area contributed by atoms with Crippen molar-refractivity contribution in [2.24, 2.45) is 17.6 Å². The monoisotopic (exact) mass is 541 g/mol. The van der Waals surface area contributed by atoms with Gasteiger partial charge in [0.1, 0.15) is 11.3 Å². The summed E-state index contributed by atoms with van der Waals surface area (Å²) >= 11 is 0. The highest BCUT2D eigenvalue weighted by Gasteiger charge is 2.45. The lowest BCUT2D eigenvalue weighted by atomic mass is 9.73. The van der Waals surface area contributed by atoms with E-state index in [4.69, 9.17) is 10.7 Å². The smallest absolute Gasteiger partial charge is 0.277 e. The number of fused-ring (bicyclic) bond motifs is 5. The second-order valence-corrected chi connectivity index (χ2v) is 12.8. The maximum Gasteiger partial charge on any atom is 0.277 e. The Balaban J connectivity index is 1.26. The Kier molecular flexibility index (Phi) is 6.61. The number of nitrogens with one attached hydrogen (secondary N) is 1.